The summed E-state index contributed by atoms with van der Waals surface area (Å²) in [6.45, 7) is 0.996. The molecule has 0 saturated carbocycles. The van der Waals surface area contributed by atoms with Crippen LogP contribution in [0.15, 0.2) is 36.4 Å². The highest BCUT2D eigenvalue weighted by Gasteiger charge is 2.35. The van der Waals surface area contributed by atoms with Crippen molar-refractivity contribution >= 4 is 23.4 Å². The fourth-order valence-corrected chi connectivity index (χ4v) is 3.82. The van der Waals surface area contributed by atoms with Crippen LogP contribution in [0, 0.1) is 18.6 Å². The SMILES string of the molecule is Cc1ccc(F)cc1N1C(=O)CSC1c1cc(F)cc(CF)c1. The summed E-state index contributed by atoms with van der Waals surface area (Å²) >= 11 is 1.31. The Balaban J connectivity index is 2.07. The Morgan fingerprint density at radius 1 is 1.17 bits per heavy atom. The average Bonchev–Trinajstić information content (AvgIpc) is 2.90. The Labute approximate surface area is 136 Å². The summed E-state index contributed by atoms with van der Waals surface area (Å²) in [4.78, 5) is 13.7. The Bertz CT molecular complexity index is 765. The first-order chi connectivity index (χ1) is 11.0. The summed E-state index contributed by atoms with van der Waals surface area (Å²) in [6.07, 6.45) is 0. The number of alkyl halides is 1. The van der Waals surface area contributed by atoms with Crippen LogP contribution in [0.2, 0.25) is 0 Å². The molecule has 0 N–H and O–H groups in total. The number of amides is 1. The standard InChI is InChI=1S/C17H14F3NOS/c1-10-2-3-13(19)7-15(10)21-16(22)9-23-17(21)12-4-11(8-18)5-14(20)6-12/h2-7,17H,8-9H2,1H3. The number of anilines is 1. The summed E-state index contributed by atoms with van der Waals surface area (Å²) in [5, 5.41) is -0.496. The molecule has 1 amide bonds. The molecule has 120 valence electrons. The Morgan fingerprint density at radius 2 is 1.96 bits per heavy atom. The second kappa shape index (κ2) is 6.28. The van der Waals surface area contributed by atoms with Gasteiger partial charge in [-0.15, -0.1) is 11.8 Å². The van der Waals surface area contributed by atoms with Gasteiger partial charge in [-0.3, -0.25) is 9.69 Å². The summed E-state index contributed by atoms with van der Waals surface area (Å²) in [5.41, 5.74) is 1.92. The molecule has 1 unspecified atom stereocenters. The molecule has 1 aliphatic heterocycles. The van der Waals surface area contributed by atoms with E-state index in [1.165, 1.54) is 34.9 Å². The van der Waals surface area contributed by atoms with E-state index in [0.29, 0.717) is 11.3 Å². The third kappa shape index (κ3) is 3.08. The molecule has 0 aliphatic carbocycles. The number of carbonyl (C=O) groups is 1. The molecule has 23 heavy (non-hydrogen) atoms. The average molecular weight is 337 g/mol. The van der Waals surface area contributed by atoms with Crippen LogP contribution in [0.3, 0.4) is 0 Å². The van der Waals surface area contributed by atoms with E-state index in [-0.39, 0.29) is 17.2 Å². The topological polar surface area (TPSA) is 20.3 Å². The highest BCUT2D eigenvalue weighted by Crippen LogP contribution is 2.43. The number of nitrogens with zero attached hydrogens (tertiary/aromatic N) is 1. The van der Waals surface area contributed by atoms with E-state index in [9.17, 15) is 18.0 Å². The number of hydrogen-bond acceptors (Lipinski definition) is 2. The van der Waals surface area contributed by atoms with Crippen molar-refractivity contribution in [3.05, 3.63) is 64.7 Å². The molecule has 2 nitrogen and oxygen atoms in total. The van der Waals surface area contributed by atoms with Crippen LogP contribution >= 0.6 is 11.8 Å². The maximum atomic E-state index is 13.7. The molecule has 2 aromatic carbocycles. The molecule has 3 rings (SSSR count). The zero-order valence-corrected chi connectivity index (χ0v) is 13.2. The van der Waals surface area contributed by atoms with Crippen LogP contribution in [-0.4, -0.2) is 11.7 Å². The lowest BCUT2D eigenvalue weighted by atomic mass is 10.1. The Morgan fingerprint density at radius 3 is 2.70 bits per heavy atom. The molecule has 0 bridgehead atoms. The predicted octanol–water partition coefficient (Wildman–Crippen LogP) is 4.52. The molecule has 0 spiro atoms. The number of carbonyl (C=O) groups excluding carboxylic acids is 1. The van der Waals surface area contributed by atoms with Crippen molar-refractivity contribution in [1.29, 1.82) is 0 Å². The smallest absolute Gasteiger partial charge is 0.238 e. The number of halogens is 3. The van der Waals surface area contributed by atoms with Gasteiger partial charge in [-0.25, -0.2) is 13.2 Å². The van der Waals surface area contributed by atoms with Gasteiger partial charge in [0.1, 0.15) is 23.7 Å². The highest BCUT2D eigenvalue weighted by atomic mass is 32.2. The molecular weight excluding hydrogens is 323 g/mol. The van der Waals surface area contributed by atoms with Crippen molar-refractivity contribution < 1.29 is 18.0 Å². The van der Waals surface area contributed by atoms with E-state index in [0.717, 1.165) is 11.6 Å². The zero-order chi connectivity index (χ0) is 16.6. The first-order valence-electron chi connectivity index (χ1n) is 7.05. The van der Waals surface area contributed by atoms with Crippen molar-refractivity contribution in [3.8, 4) is 0 Å². The fraction of sp³-hybridized carbons (Fsp3) is 0.235. The molecule has 1 fully saturated rings. The number of hydrogen-bond donors (Lipinski definition) is 0. The van der Waals surface area contributed by atoms with Crippen LogP contribution in [0.5, 0.6) is 0 Å². The molecule has 1 saturated heterocycles. The van der Waals surface area contributed by atoms with Gasteiger partial charge in [0.15, 0.2) is 0 Å². The maximum Gasteiger partial charge on any atom is 0.238 e. The summed E-state index contributed by atoms with van der Waals surface area (Å²) in [7, 11) is 0. The number of thioether (sulfide) groups is 1. The zero-order valence-electron chi connectivity index (χ0n) is 12.4. The minimum absolute atomic E-state index is 0.181. The van der Waals surface area contributed by atoms with Crippen LogP contribution < -0.4 is 4.90 Å². The monoisotopic (exact) mass is 337 g/mol. The maximum absolute atomic E-state index is 13.7. The minimum atomic E-state index is -0.783. The van der Waals surface area contributed by atoms with Crippen molar-refractivity contribution in [1.82, 2.24) is 0 Å². The van der Waals surface area contributed by atoms with Crippen molar-refractivity contribution in [2.75, 3.05) is 10.7 Å². The number of rotatable bonds is 3. The van der Waals surface area contributed by atoms with Gasteiger partial charge < -0.3 is 0 Å². The lowest BCUT2D eigenvalue weighted by Crippen LogP contribution is -2.28. The fourth-order valence-electron chi connectivity index (χ4n) is 2.67. The Hall–Kier alpha value is -1.95. The van der Waals surface area contributed by atoms with Crippen molar-refractivity contribution in [2.45, 2.75) is 19.0 Å². The second-order valence-corrected chi connectivity index (χ2v) is 6.45. The van der Waals surface area contributed by atoms with Gasteiger partial charge in [-0.05, 0) is 47.9 Å². The number of benzene rings is 2. The van der Waals surface area contributed by atoms with Crippen LogP contribution in [-0.2, 0) is 11.5 Å². The van der Waals surface area contributed by atoms with Crippen LogP contribution in [0.4, 0.5) is 18.9 Å². The molecule has 1 heterocycles. The molecule has 1 atom stereocenters. The first-order valence-corrected chi connectivity index (χ1v) is 8.09. The van der Waals surface area contributed by atoms with Gasteiger partial charge in [-0.1, -0.05) is 12.1 Å². The van der Waals surface area contributed by atoms with Gasteiger partial charge in [0.05, 0.1) is 11.4 Å². The summed E-state index contributed by atoms with van der Waals surface area (Å²) < 4.78 is 40.2. The molecule has 0 aromatic heterocycles. The molecule has 6 heteroatoms. The number of aryl methyl sites for hydroxylation is 1. The van der Waals surface area contributed by atoms with Gasteiger partial charge in [0.2, 0.25) is 5.91 Å². The molecule has 1 aliphatic rings. The van der Waals surface area contributed by atoms with E-state index >= 15 is 0 Å². The first kappa shape index (κ1) is 15.9. The lowest BCUT2D eigenvalue weighted by Gasteiger charge is -2.26. The quantitative estimate of drug-likeness (QED) is 0.821. The third-order valence-electron chi connectivity index (χ3n) is 3.72. The predicted molar refractivity (Wildman–Crippen MR) is 85.0 cm³/mol. The van der Waals surface area contributed by atoms with E-state index in [2.05, 4.69) is 0 Å². The Kier molecular flexibility index (Phi) is 4.35. The minimum Gasteiger partial charge on any atom is -0.295 e. The largest absolute Gasteiger partial charge is 0.295 e. The van der Waals surface area contributed by atoms with Gasteiger partial charge in [0.25, 0.3) is 0 Å². The highest BCUT2D eigenvalue weighted by molar-refractivity contribution is 8.00. The van der Waals surface area contributed by atoms with E-state index in [1.54, 1.807) is 19.1 Å². The second-order valence-electron chi connectivity index (χ2n) is 5.38. The van der Waals surface area contributed by atoms with E-state index in [1.807, 2.05) is 0 Å². The van der Waals surface area contributed by atoms with E-state index in [4.69, 9.17) is 0 Å². The van der Waals surface area contributed by atoms with Gasteiger partial charge in [-0.2, -0.15) is 0 Å². The van der Waals surface area contributed by atoms with Gasteiger partial charge in [0, 0.05) is 0 Å². The lowest BCUT2D eigenvalue weighted by molar-refractivity contribution is -0.115. The third-order valence-corrected chi connectivity index (χ3v) is 4.93. The summed E-state index contributed by atoms with van der Waals surface area (Å²) in [5.74, 6) is -0.967. The van der Waals surface area contributed by atoms with Gasteiger partial charge >= 0.3 is 0 Å². The van der Waals surface area contributed by atoms with Crippen molar-refractivity contribution in [3.63, 3.8) is 0 Å². The van der Waals surface area contributed by atoms with E-state index < -0.39 is 23.7 Å². The van der Waals surface area contributed by atoms with Crippen LogP contribution in [0.1, 0.15) is 22.1 Å². The molecule has 0 radical (unpaired) electrons. The normalized spacial score (nSPS) is 17.8. The summed E-state index contributed by atoms with van der Waals surface area (Å²) in [6, 6.07) is 8.17. The van der Waals surface area contributed by atoms with Crippen LogP contribution in [0.25, 0.3) is 0 Å². The molecule has 2 aromatic rings. The molecular formula is C17H14F3NOS. The van der Waals surface area contributed by atoms with Crippen molar-refractivity contribution in [2.24, 2.45) is 0 Å².